The molecule has 9 heteroatoms. The zero-order valence-corrected chi connectivity index (χ0v) is 20.7. The largest absolute Gasteiger partial charge is 0.354 e. The summed E-state index contributed by atoms with van der Waals surface area (Å²) in [5.74, 6) is -1.42. The van der Waals surface area contributed by atoms with Crippen LogP contribution in [0.5, 0.6) is 0 Å². The molecule has 0 unspecified atom stereocenters. The first-order valence-corrected chi connectivity index (χ1v) is 13.2. The molecule has 2 aromatic rings. The van der Waals surface area contributed by atoms with Crippen LogP contribution in [0.2, 0.25) is 5.02 Å². The van der Waals surface area contributed by atoms with E-state index in [2.05, 4.69) is 5.32 Å². The van der Waals surface area contributed by atoms with Gasteiger partial charge in [-0.15, -0.1) is 0 Å². The van der Waals surface area contributed by atoms with Crippen molar-refractivity contribution in [3.05, 3.63) is 41.4 Å². The molecule has 2 heterocycles. The van der Waals surface area contributed by atoms with Gasteiger partial charge < -0.3 is 10.2 Å². The van der Waals surface area contributed by atoms with Gasteiger partial charge in [0.2, 0.25) is 21.8 Å². The lowest BCUT2D eigenvalue weighted by Gasteiger charge is -2.43. The molecule has 0 aromatic heterocycles. The van der Waals surface area contributed by atoms with E-state index in [0.717, 1.165) is 34.3 Å². The quantitative estimate of drug-likeness (QED) is 0.694. The van der Waals surface area contributed by atoms with E-state index < -0.39 is 27.4 Å². The first-order chi connectivity index (χ1) is 15.6. The maximum absolute atomic E-state index is 13.7. The highest BCUT2D eigenvalue weighted by atomic mass is 35.5. The minimum Gasteiger partial charge on any atom is -0.354 e. The molecule has 2 amide bonds. The molecule has 178 valence electrons. The topological polar surface area (TPSA) is 86.8 Å². The molecule has 0 radical (unpaired) electrons. The van der Waals surface area contributed by atoms with Gasteiger partial charge in [-0.25, -0.2) is 8.42 Å². The number of carbonyl (C=O) groups is 2. The molecule has 0 bridgehead atoms. The number of nitrogens with one attached hydrogen (secondary N) is 1. The van der Waals surface area contributed by atoms with Crippen LogP contribution in [0, 0.1) is 5.92 Å². The molecule has 7 nitrogen and oxygen atoms in total. The Hall–Kier alpha value is -2.16. The molecule has 0 spiro atoms. The highest BCUT2D eigenvalue weighted by Gasteiger charge is 2.57. The van der Waals surface area contributed by atoms with E-state index in [4.69, 9.17) is 11.6 Å². The average Bonchev–Trinajstić information content (AvgIpc) is 3.19. The molecule has 4 rings (SSSR count). The van der Waals surface area contributed by atoms with Crippen LogP contribution in [0.15, 0.2) is 41.3 Å². The zero-order chi connectivity index (χ0) is 24.0. The molecule has 2 saturated heterocycles. The van der Waals surface area contributed by atoms with Gasteiger partial charge in [-0.2, -0.15) is 4.31 Å². The molecule has 2 aromatic carbocycles. The van der Waals surface area contributed by atoms with Crippen LogP contribution in [0.25, 0.3) is 10.8 Å². The van der Waals surface area contributed by atoms with Gasteiger partial charge in [-0.3, -0.25) is 9.59 Å². The number of amides is 2. The maximum atomic E-state index is 13.7. The lowest BCUT2D eigenvalue weighted by atomic mass is 9.82. The summed E-state index contributed by atoms with van der Waals surface area (Å²) in [6, 6.07) is 10.1. The Labute approximate surface area is 200 Å². The normalized spacial score (nSPS) is 24.8. The fourth-order valence-corrected chi connectivity index (χ4v) is 7.00. The van der Waals surface area contributed by atoms with Crippen molar-refractivity contribution in [1.29, 1.82) is 0 Å². The van der Waals surface area contributed by atoms with Crippen molar-refractivity contribution in [3.63, 3.8) is 0 Å². The van der Waals surface area contributed by atoms with Crippen molar-refractivity contribution in [2.45, 2.75) is 56.0 Å². The number of hydrogen-bond donors (Lipinski definition) is 1. The number of hydrogen-bond acceptors (Lipinski definition) is 4. The van der Waals surface area contributed by atoms with Crippen molar-refractivity contribution in [2.24, 2.45) is 5.92 Å². The smallest absolute Gasteiger partial charge is 0.243 e. The van der Waals surface area contributed by atoms with Gasteiger partial charge in [0, 0.05) is 31.2 Å². The number of carbonyl (C=O) groups excluding carboxylic acids is 2. The van der Waals surface area contributed by atoms with Crippen molar-refractivity contribution in [3.8, 4) is 0 Å². The Kier molecular flexibility index (Phi) is 6.46. The van der Waals surface area contributed by atoms with Crippen LogP contribution >= 0.6 is 11.6 Å². The second-order valence-electron chi connectivity index (χ2n) is 9.15. The minimum atomic E-state index is -4.07. The summed E-state index contributed by atoms with van der Waals surface area (Å²) < 4.78 is 28.6. The van der Waals surface area contributed by atoms with Crippen LogP contribution in [0.3, 0.4) is 0 Å². The second-order valence-corrected chi connectivity index (χ2v) is 11.6. The predicted octanol–water partition coefficient (Wildman–Crippen LogP) is 3.41. The van der Waals surface area contributed by atoms with Crippen molar-refractivity contribution < 1.29 is 18.0 Å². The summed E-state index contributed by atoms with van der Waals surface area (Å²) >= 11 is 6.05. The number of piperidine rings is 1. The molecule has 0 saturated carbocycles. The van der Waals surface area contributed by atoms with Gasteiger partial charge in [-0.05, 0) is 67.6 Å². The SMILES string of the molecule is C[C@@H]1CCCCN1C(=O)[C@H](C)[C@@]1(N(C)S(=O)(=O)c2ccc3cc(Cl)ccc3c2)CCNC1=O. The number of nitrogens with zero attached hydrogens (tertiary/aromatic N) is 2. The van der Waals surface area contributed by atoms with Crippen LogP contribution < -0.4 is 5.32 Å². The van der Waals surface area contributed by atoms with E-state index in [1.165, 1.54) is 13.1 Å². The van der Waals surface area contributed by atoms with E-state index in [-0.39, 0.29) is 23.3 Å². The van der Waals surface area contributed by atoms with Crippen molar-refractivity contribution >= 4 is 44.2 Å². The summed E-state index contributed by atoms with van der Waals surface area (Å²) in [7, 11) is -2.66. The standard InChI is InChI=1S/C24H30ClN3O4S/c1-16-6-4-5-13-28(16)22(29)17(2)24(11-12-26-23(24)30)27(3)33(31,32)21-10-8-18-14-20(25)9-7-19(18)15-21/h7-10,14-17H,4-6,11-13H2,1-3H3,(H,26,30)/t16-,17+,24+/m1/s1. The summed E-state index contributed by atoms with van der Waals surface area (Å²) in [4.78, 5) is 28.6. The Morgan fingerprint density at radius 3 is 2.58 bits per heavy atom. The van der Waals surface area contributed by atoms with Gasteiger partial charge in [0.1, 0.15) is 5.54 Å². The third-order valence-corrected chi connectivity index (χ3v) is 9.48. The Bertz CT molecular complexity index is 1200. The van der Waals surface area contributed by atoms with Gasteiger partial charge in [-0.1, -0.05) is 30.7 Å². The molecule has 33 heavy (non-hydrogen) atoms. The summed E-state index contributed by atoms with van der Waals surface area (Å²) in [5.41, 5.74) is -1.48. The summed E-state index contributed by atoms with van der Waals surface area (Å²) in [6.45, 7) is 4.64. The van der Waals surface area contributed by atoms with E-state index >= 15 is 0 Å². The molecule has 2 aliphatic rings. The van der Waals surface area contributed by atoms with Gasteiger partial charge in [0.05, 0.1) is 10.8 Å². The van der Waals surface area contributed by atoms with Gasteiger partial charge in [0.25, 0.3) is 0 Å². The Morgan fingerprint density at radius 1 is 1.21 bits per heavy atom. The Morgan fingerprint density at radius 2 is 1.91 bits per heavy atom. The van der Waals surface area contributed by atoms with Crippen LogP contribution in [0.4, 0.5) is 0 Å². The molecule has 2 aliphatic heterocycles. The fraction of sp³-hybridized carbons (Fsp3) is 0.500. The van der Waals surface area contributed by atoms with Crippen LogP contribution in [-0.4, -0.2) is 61.2 Å². The zero-order valence-electron chi connectivity index (χ0n) is 19.2. The van der Waals surface area contributed by atoms with E-state index in [1.54, 1.807) is 37.3 Å². The average molecular weight is 492 g/mol. The summed E-state index contributed by atoms with van der Waals surface area (Å²) in [5, 5.41) is 4.88. The minimum absolute atomic E-state index is 0.0736. The number of likely N-dealkylation sites (N-methyl/N-ethyl adjacent to an activating group) is 1. The molecule has 1 N–H and O–H groups in total. The summed E-state index contributed by atoms with van der Waals surface area (Å²) in [6.07, 6.45) is 3.12. The molecule has 0 aliphatic carbocycles. The molecular weight excluding hydrogens is 462 g/mol. The Balaban J connectivity index is 1.73. The molecule has 2 fully saturated rings. The first kappa shape index (κ1) is 24.0. The lowest BCUT2D eigenvalue weighted by Crippen LogP contribution is -2.62. The lowest BCUT2D eigenvalue weighted by molar-refractivity contribution is -0.147. The third kappa shape index (κ3) is 4.02. The highest BCUT2D eigenvalue weighted by Crippen LogP contribution is 2.38. The monoisotopic (exact) mass is 491 g/mol. The number of benzene rings is 2. The maximum Gasteiger partial charge on any atom is 0.243 e. The van der Waals surface area contributed by atoms with Gasteiger partial charge >= 0.3 is 0 Å². The van der Waals surface area contributed by atoms with Crippen molar-refractivity contribution in [2.75, 3.05) is 20.1 Å². The predicted molar refractivity (Wildman–Crippen MR) is 128 cm³/mol. The highest BCUT2D eigenvalue weighted by molar-refractivity contribution is 7.89. The van der Waals surface area contributed by atoms with E-state index in [0.29, 0.717) is 18.1 Å². The fourth-order valence-electron chi connectivity index (χ4n) is 5.23. The van der Waals surface area contributed by atoms with E-state index in [9.17, 15) is 18.0 Å². The number of halogens is 1. The number of sulfonamides is 1. The van der Waals surface area contributed by atoms with Crippen LogP contribution in [-0.2, 0) is 19.6 Å². The first-order valence-electron chi connectivity index (χ1n) is 11.4. The van der Waals surface area contributed by atoms with Crippen molar-refractivity contribution in [1.82, 2.24) is 14.5 Å². The molecular formula is C24H30ClN3O4S. The third-order valence-electron chi connectivity index (χ3n) is 7.35. The van der Waals surface area contributed by atoms with Crippen LogP contribution in [0.1, 0.15) is 39.5 Å². The van der Waals surface area contributed by atoms with E-state index in [1.807, 2.05) is 11.8 Å². The number of likely N-dealkylation sites (tertiary alicyclic amines) is 1. The number of rotatable bonds is 5. The number of fused-ring (bicyclic) bond motifs is 1. The van der Waals surface area contributed by atoms with Gasteiger partial charge in [0.15, 0.2) is 0 Å². The second kappa shape index (κ2) is 8.89. The molecule has 3 atom stereocenters.